The highest BCUT2D eigenvalue weighted by molar-refractivity contribution is 9.10. The van der Waals surface area contributed by atoms with E-state index >= 15 is 4.39 Å². The average molecular weight is 573 g/mol. The van der Waals surface area contributed by atoms with Gasteiger partial charge in [0.15, 0.2) is 5.82 Å². The molecular weight excluding hydrogens is 548 g/mol. The molecule has 0 saturated carbocycles. The molecule has 4 aliphatic rings. The first-order chi connectivity index (χ1) is 16.8. The molecule has 4 aliphatic heterocycles. The van der Waals surface area contributed by atoms with E-state index in [0.29, 0.717) is 37.3 Å². The average Bonchev–Trinajstić information content (AvgIpc) is 3.43. The van der Waals surface area contributed by atoms with Crippen LogP contribution in [0.1, 0.15) is 32.1 Å². The van der Waals surface area contributed by atoms with E-state index in [4.69, 9.17) is 16.3 Å². The number of rotatable bonds is 4. The Hall–Kier alpha value is -1.98. The molecule has 1 aromatic carbocycles. The molecule has 0 aliphatic carbocycles. The zero-order chi connectivity index (χ0) is 24.5. The van der Waals surface area contributed by atoms with Crippen molar-refractivity contribution in [1.29, 1.82) is 0 Å². The Morgan fingerprint density at radius 3 is 2.74 bits per heavy atom. The number of carbonyl (C=O) groups is 1. The quantitative estimate of drug-likeness (QED) is 0.542. The number of hydrogen-bond donors (Lipinski definition) is 1. The molecule has 35 heavy (non-hydrogen) atoms. The van der Waals surface area contributed by atoms with Crippen LogP contribution in [-0.4, -0.2) is 87.5 Å². The summed E-state index contributed by atoms with van der Waals surface area (Å²) >= 11 is 9.47. The fourth-order valence-corrected chi connectivity index (χ4v) is 6.97. The fourth-order valence-electron chi connectivity index (χ4n) is 6.48. The molecule has 4 fully saturated rings. The molecule has 2 aromatic rings. The first kappa shape index (κ1) is 23.4. The highest BCUT2D eigenvalue weighted by Gasteiger charge is 2.49. The minimum Gasteiger partial charge on any atom is -0.465 e. The Balaban J connectivity index is 1.37. The van der Waals surface area contributed by atoms with Crippen LogP contribution in [0.2, 0.25) is 5.02 Å². The number of anilines is 1. The smallest absolute Gasteiger partial charge is 0.407 e. The Morgan fingerprint density at radius 1 is 1.29 bits per heavy atom. The van der Waals surface area contributed by atoms with E-state index in [0.717, 1.165) is 32.2 Å². The lowest BCUT2D eigenvalue weighted by atomic mass is 9.95. The summed E-state index contributed by atoms with van der Waals surface area (Å²) in [5, 5.41) is 10.3. The predicted molar refractivity (Wildman–Crippen MR) is 130 cm³/mol. The third kappa shape index (κ3) is 3.81. The van der Waals surface area contributed by atoms with Crippen LogP contribution in [0.3, 0.4) is 0 Å². The Labute approximate surface area is 214 Å². The van der Waals surface area contributed by atoms with E-state index in [1.165, 1.54) is 4.90 Å². The van der Waals surface area contributed by atoms with Crippen LogP contribution in [0.5, 0.6) is 6.01 Å². The predicted octanol–water partition coefficient (Wildman–Crippen LogP) is 4.47. The van der Waals surface area contributed by atoms with Gasteiger partial charge in [-0.25, -0.2) is 13.6 Å². The second-order valence-corrected chi connectivity index (χ2v) is 11.3. The van der Waals surface area contributed by atoms with E-state index in [-0.39, 0.29) is 45.3 Å². The van der Waals surface area contributed by atoms with Gasteiger partial charge in [0.1, 0.15) is 24.1 Å². The number of amides is 1. The van der Waals surface area contributed by atoms with Crippen molar-refractivity contribution in [2.24, 2.45) is 0 Å². The highest BCUT2D eigenvalue weighted by Crippen LogP contribution is 2.42. The maximum absolute atomic E-state index is 15.3. The molecule has 0 radical (unpaired) electrons. The van der Waals surface area contributed by atoms with Crippen molar-refractivity contribution >= 4 is 50.3 Å². The van der Waals surface area contributed by atoms with Gasteiger partial charge in [-0.15, -0.1) is 0 Å². The van der Waals surface area contributed by atoms with Crippen LogP contribution < -0.4 is 9.64 Å². The summed E-state index contributed by atoms with van der Waals surface area (Å²) in [6.07, 6.45) is 1.95. The van der Waals surface area contributed by atoms with Gasteiger partial charge in [-0.05, 0) is 54.2 Å². The maximum atomic E-state index is 15.3. The Kier molecular flexibility index (Phi) is 5.72. The fraction of sp³-hybridized carbons (Fsp3) is 0.609. The SMILES string of the molecule is O=C(O)N1C2CCC1CN(c1nc(OC[C@@]34CCCN3C[C@H](F)C4)nc3c(F)c(Br)c(Cl)cc13)C2. The van der Waals surface area contributed by atoms with Crippen LogP contribution in [0.4, 0.5) is 19.4 Å². The number of nitrogens with zero attached hydrogens (tertiary/aromatic N) is 5. The molecule has 4 atom stereocenters. The first-order valence-corrected chi connectivity index (χ1v) is 13.1. The molecule has 1 aromatic heterocycles. The Bertz CT molecular complexity index is 1190. The molecule has 1 N–H and O–H groups in total. The minimum absolute atomic E-state index is 0.0252. The number of benzene rings is 1. The molecule has 4 saturated heterocycles. The number of aromatic nitrogens is 2. The monoisotopic (exact) mass is 571 g/mol. The van der Waals surface area contributed by atoms with Gasteiger partial charge in [0.25, 0.3) is 0 Å². The van der Waals surface area contributed by atoms with Crippen LogP contribution in [0, 0.1) is 5.82 Å². The zero-order valence-electron chi connectivity index (χ0n) is 18.9. The molecule has 0 spiro atoms. The molecule has 6 rings (SSSR count). The lowest BCUT2D eigenvalue weighted by molar-refractivity contribution is 0.107. The van der Waals surface area contributed by atoms with Crippen molar-refractivity contribution in [2.75, 3.05) is 37.7 Å². The van der Waals surface area contributed by atoms with Crippen molar-refractivity contribution in [3.05, 3.63) is 21.4 Å². The second kappa shape index (κ2) is 8.55. The number of ether oxygens (including phenoxy) is 1. The zero-order valence-corrected chi connectivity index (χ0v) is 21.2. The van der Waals surface area contributed by atoms with Crippen LogP contribution in [-0.2, 0) is 0 Å². The number of alkyl halides is 1. The molecular formula is C23H25BrClF2N5O3. The largest absolute Gasteiger partial charge is 0.465 e. The Morgan fingerprint density at radius 2 is 2.03 bits per heavy atom. The van der Waals surface area contributed by atoms with E-state index in [2.05, 4.69) is 30.8 Å². The van der Waals surface area contributed by atoms with Gasteiger partial charge in [0.2, 0.25) is 0 Å². The maximum Gasteiger partial charge on any atom is 0.407 e. The van der Waals surface area contributed by atoms with Crippen LogP contribution in [0.25, 0.3) is 10.9 Å². The lowest BCUT2D eigenvalue weighted by Gasteiger charge is -2.40. The summed E-state index contributed by atoms with van der Waals surface area (Å²) in [5.41, 5.74) is -0.312. The summed E-state index contributed by atoms with van der Waals surface area (Å²) in [5.74, 6) is -0.144. The number of fused-ring (bicyclic) bond motifs is 4. The van der Waals surface area contributed by atoms with Crippen molar-refractivity contribution in [1.82, 2.24) is 19.8 Å². The topological polar surface area (TPSA) is 82.0 Å². The molecule has 188 valence electrons. The number of piperazine rings is 1. The minimum atomic E-state index is -0.921. The number of hydrogen-bond acceptors (Lipinski definition) is 6. The van der Waals surface area contributed by atoms with Crippen LogP contribution in [0.15, 0.2) is 10.5 Å². The van der Waals surface area contributed by atoms with Gasteiger partial charge in [0.05, 0.1) is 27.1 Å². The summed E-state index contributed by atoms with van der Waals surface area (Å²) in [6, 6.07) is 1.32. The normalized spacial score (nSPS) is 30.3. The molecule has 8 nitrogen and oxygen atoms in total. The molecule has 5 heterocycles. The lowest BCUT2D eigenvalue weighted by Crippen LogP contribution is -2.55. The first-order valence-electron chi connectivity index (χ1n) is 11.9. The summed E-state index contributed by atoms with van der Waals surface area (Å²) in [4.78, 5) is 26.4. The van der Waals surface area contributed by atoms with Crippen molar-refractivity contribution < 1.29 is 23.4 Å². The van der Waals surface area contributed by atoms with E-state index < -0.39 is 18.1 Å². The molecule has 12 heteroatoms. The van der Waals surface area contributed by atoms with Gasteiger partial charge in [0, 0.05) is 31.4 Å². The van der Waals surface area contributed by atoms with Crippen molar-refractivity contribution in [3.63, 3.8) is 0 Å². The van der Waals surface area contributed by atoms with Gasteiger partial charge in [-0.2, -0.15) is 9.97 Å². The van der Waals surface area contributed by atoms with Gasteiger partial charge in [-0.3, -0.25) is 9.80 Å². The number of halogens is 4. The van der Waals surface area contributed by atoms with Crippen molar-refractivity contribution in [2.45, 2.75) is 55.9 Å². The van der Waals surface area contributed by atoms with E-state index in [1.54, 1.807) is 6.07 Å². The molecule has 1 amide bonds. The second-order valence-electron chi connectivity index (χ2n) is 10.1. The van der Waals surface area contributed by atoms with E-state index in [1.807, 2.05) is 4.90 Å². The molecule has 2 bridgehead atoms. The van der Waals surface area contributed by atoms with Crippen LogP contribution >= 0.6 is 27.5 Å². The standard InChI is InChI=1S/C23H25BrClF2N5O3/c24-17-16(25)6-15-19(18(17)27)28-21(35-11-23-4-1-5-31(23)8-12(26)7-23)29-20(15)30-9-13-2-3-14(10-30)32(13)22(33)34/h6,12-14H,1-5,7-11H2,(H,33,34)/t12-,13?,14?,23+/m1/s1. The summed E-state index contributed by atoms with van der Waals surface area (Å²) < 4.78 is 35.6. The highest BCUT2D eigenvalue weighted by atomic mass is 79.9. The van der Waals surface area contributed by atoms with Gasteiger partial charge in [-0.1, -0.05) is 11.6 Å². The molecule has 2 unspecified atom stereocenters. The third-order valence-electron chi connectivity index (χ3n) is 8.02. The third-order valence-corrected chi connectivity index (χ3v) is 9.32. The van der Waals surface area contributed by atoms with E-state index in [9.17, 15) is 14.3 Å². The van der Waals surface area contributed by atoms with Crippen molar-refractivity contribution in [3.8, 4) is 6.01 Å². The van der Waals surface area contributed by atoms with Gasteiger partial charge >= 0.3 is 12.1 Å². The summed E-state index contributed by atoms with van der Waals surface area (Å²) in [6.45, 7) is 2.34. The summed E-state index contributed by atoms with van der Waals surface area (Å²) in [7, 11) is 0. The number of carboxylic acid groups (broad SMARTS) is 1. The van der Waals surface area contributed by atoms with Gasteiger partial charge < -0.3 is 14.7 Å².